The Morgan fingerprint density at radius 3 is 2.45 bits per heavy atom. The highest BCUT2D eigenvalue weighted by Gasteiger charge is 2.33. The van der Waals surface area contributed by atoms with Crippen LogP contribution < -0.4 is 5.73 Å². The predicted octanol–water partition coefficient (Wildman–Crippen LogP) is 1.13. The van der Waals surface area contributed by atoms with Gasteiger partial charge in [0, 0.05) is 19.3 Å². The summed E-state index contributed by atoms with van der Waals surface area (Å²) in [5.74, 6) is 0.122. The van der Waals surface area contributed by atoms with Gasteiger partial charge in [0.2, 0.25) is 10.0 Å². The lowest BCUT2D eigenvalue weighted by atomic mass is 10.1. The van der Waals surface area contributed by atoms with Crippen molar-refractivity contribution in [2.45, 2.75) is 16.2 Å². The first-order valence-corrected chi connectivity index (χ1v) is 10.1. The third-order valence-electron chi connectivity index (χ3n) is 3.53. The van der Waals surface area contributed by atoms with Gasteiger partial charge in [0.1, 0.15) is 4.90 Å². The highest BCUT2D eigenvalue weighted by molar-refractivity contribution is 7.91. The van der Waals surface area contributed by atoms with Crippen LogP contribution in [-0.2, 0) is 19.9 Å². The summed E-state index contributed by atoms with van der Waals surface area (Å²) in [4.78, 5) is -0.246. The van der Waals surface area contributed by atoms with Gasteiger partial charge in [-0.15, -0.1) is 12.4 Å². The van der Waals surface area contributed by atoms with Gasteiger partial charge in [-0.25, -0.2) is 16.8 Å². The molecule has 126 valence electrons. The summed E-state index contributed by atoms with van der Waals surface area (Å²) in [6, 6.07) is 3.70. The molecule has 1 saturated heterocycles. The number of sulfone groups is 1. The molecule has 0 bridgehead atoms. The molecule has 1 aliphatic heterocycles. The lowest BCUT2D eigenvalue weighted by Crippen LogP contribution is -2.30. The van der Waals surface area contributed by atoms with Crippen LogP contribution in [0.15, 0.2) is 28.0 Å². The summed E-state index contributed by atoms with van der Waals surface area (Å²) in [6.07, 6.45) is 1.71. The molecule has 1 unspecified atom stereocenters. The molecule has 0 saturated carbocycles. The first-order valence-electron chi connectivity index (χ1n) is 6.36. The Bertz CT molecular complexity index is 750. The minimum Gasteiger partial charge on any atom is -0.330 e. The SMILES string of the molecule is CS(=O)(=O)c1ccc(Cl)c(S(=O)(=O)N2CCC(CN)C2)c1.Cl. The monoisotopic (exact) mass is 388 g/mol. The van der Waals surface area contributed by atoms with Crippen LogP contribution in [-0.4, -0.2) is 47.0 Å². The molecule has 1 heterocycles. The molecule has 0 aliphatic carbocycles. The van der Waals surface area contributed by atoms with Crippen LogP contribution in [0, 0.1) is 5.92 Å². The van der Waals surface area contributed by atoms with Crippen LogP contribution in [0.4, 0.5) is 0 Å². The summed E-state index contributed by atoms with van der Waals surface area (Å²) in [5.41, 5.74) is 5.56. The van der Waals surface area contributed by atoms with E-state index in [1.54, 1.807) is 0 Å². The van der Waals surface area contributed by atoms with E-state index in [0.29, 0.717) is 26.1 Å². The van der Waals surface area contributed by atoms with Crippen molar-refractivity contribution in [1.29, 1.82) is 0 Å². The Balaban J connectivity index is 0.00000242. The minimum atomic E-state index is -3.81. The van der Waals surface area contributed by atoms with Gasteiger partial charge >= 0.3 is 0 Å². The van der Waals surface area contributed by atoms with Gasteiger partial charge in [0.15, 0.2) is 9.84 Å². The van der Waals surface area contributed by atoms with Crippen molar-refractivity contribution >= 4 is 43.9 Å². The number of nitrogens with two attached hydrogens (primary N) is 1. The normalized spacial score (nSPS) is 19.9. The van der Waals surface area contributed by atoms with E-state index in [1.165, 1.54) is 16.4 Å². The van der Waals surface area contributed by atoms with Crippen LogP contribution >= 0.6 is 24.0 Å². The second kappa shape index (κ2) is 7.02. The molecule has 0 spiro atoms. The third-order valence-corrected chi connectivity index (χ3v) is 6.99. The van der Waals surface area contributed by atoms with Gasteiger partial charge in [-0.2, -0.15) is 4.31 Å². The Labute approximate surface area is 142 Å². The van der Waals surface area contributed by atoms with Crippen molar-refractivity contribution in [2.24, 2.45) is 11.7 Å². The second-order valence-electron chi connectivity index (χ2n) is 5.12. The fraction of sp³-hybridized carbons (Fsp3) is 0.500. The first-order chi connectivity index (χ1) is 9.66. The van der Waals surface area contributed by atoms with Crippen molar-refractivity contribution in [1.82, 2.24) is 4.31 Å². The predicted molar refractivity (Wildman–Crippen MR) is 87.7 cm³/mol. The first kappa shape index (κ1) is 19.7. The Morgan fingerprint density at radius 2 is 1.95 bits per heavy atom. The maximum Gasteiger partial charge on any atom is 0.244 e. The number of sulfonamides is 1. The van der Waals surface area contributed by atoms with E-state index in [1.807, 2.05) is 0 Å². The Morgan fingerprint density at radius 1 is 1.32 bits per heavy atom. The fourth-order valence-electron chi connectivity index (χ4n) is 2.26. The van der Waals surface area contributed by atoms with Gasteiger partial charge in [-0.05, 0) is 37.1 Å². The van der Waals surface area contributed by atoms with Gasteiger partial charge in [-0.3, -0.25) is 0 Å². The maximum absolute atomic E-state index is 12.6. The minimum absolute atomic E-state index is 0. The second-order valence-corrected chi connectivity index (χ2v) is 9.45. The van der Waals surface area contributed by atoms with E-state index in [0.717, 1.165) is 12.3 Å². The van der Waals surface area contributed by atoms with Crippen LogP contribution in [0.5, 0.6) is 0 Å². The third kappa shape index (κ3) is 3.93. The van der Waals surface area contributed by atoms with Crippen molar-refractivity contribution in [2.75, 3.05) is 25.9 Å². The maximum atomic E-state index is 12.6. The number of hydrogen-bond donors (Lipinski definition) is 1. The summed E-state index contributed by atoms with van der Waals surface area (Å²) in [6.45, 7) is 1.12. The molecule has 22 heavy (non-hydrogen) atoms. The molecule has 1 aromatic rings. The van der Waals surface area contributed by atoms with E-state index in [9.17, 15) is 16.8 Å². The van der Waals surface area contributed by atoms with Crippen molar-refractivity contribution in [3.8, 4) is 0 Å². The molecule has 1 atom stereocenters. The van der Waals surface area contributed by atoms with Gasteiger partial charge in [0.25, 0.3) is 0 Å². The largest absolute Gasteiger partial charge is 0.330 e. The highest BCUT2D eigenvalue weighted by Crippen LogP contribution is 2.30. The van der Waals surface area contributed by atoms with Crippen LogP contribution in [0.2, 0.25) is 5.02 Å². The molecular weight excluding hydrogens is 371 g/mol. The summed E-state index contributed by atoms with van der Waals surface area (Å²) < 4.78 is 49.7. The average Bonchev–Trinajstić information content (AvgIpc) is 2.87. The zero-order valence-corrected chi connectivity index (χ0v) is 15.1. The molecule has 0 radical (unpaired) electrons. The zero-order valence-electron chi connectivity index (χ0n) is 11.9. The molecule has 0 aromatic heterocycles. The van der Waals surface area contributed by atoms with E-state index in [4.69, 9.17) is 17.3 Å². The van der Waals surface area contributed by atoms with Crippen molar-refractivity contribution in [3.63, 3.8) is 0 Å². The van der Waals surface area contributed by atoms with Crippen LogP contribution in [0.25, 0.3) is 0 Å². The molecule has 0 amide bonds. The topological polar surface area (TPSA) is 97.5 Å². The van der Waals surface area contributed by atoms with Crippen molar-refractivity contribution in [3.05, 3.63) is 23.2 Å². The average molecular weight is 389 g/mol. The number of halogens is 2. The summed E-state index contributed by atoms with van der Waals surface area (Å²) in [5, 5.41) is 0.0126. The lowest BCUT2D eigenvalue weighted by Gasteiger charge is -2.17. The number of benzene rings is 1. The molecule has 2 rings (SSSR count). The molecule has 2 N–H and O–H groups in total. The molecule has 1 aliphatic rings. The summed E-state index contributed by atoms with van der Waals surface area (Å²) >= 11 is 5.95. The zero-order chi connectivity index (χ0) is 15.8. The molecule has 10 heteroatoms. The van der Waals surface area contributed by atoms with Gasteiger partial charge in [-0.1, -0.05) is 11.6 Å². The number of nitrogens with zero attached hydrogens (tertiary/aromatic N) is 1. The number of hydrogen-bond acceptors (Lipinski definition) is 5. The fourth-order valence-corrected chi connectivity index (χ4v) is 5.01. The van der Waals surface area contributed by atoms with Gasteiger partial charge in [0.05, 0.1) is 9.92 Å². The van der Waals surface area contributed by atoms with E-state index >= 15 is 0 Å². The Hall–Kier alpha value is -0.380. The number of rotatable bonds is 4. The smallest absolute Gasteiger partial charge is 0.244 e. The van der Waals surface area contributed by atoms with E-state index in [-0.39, 0.29) is 33.1 Å². The standard InChI is InChI=1S/C12H17ClN2O4S2.ClH/c1-20(16,17)10-2-3-11(13)12(6-10)21(18,19)15-5-4-9(7-14)8-15;/h2-3,6,9H,4-5,7-8,14H2,1H3;1H. The lowest BCUT2D eigenvalue weighted by molar-refractivity contribution is 0.459. The highest BCUT2D eigenvalue weighted by atomic mass is 35.5. The van der Waals surface area contributed by atoms with E-state index < -0.39 is 19.9 Å². The Kier molecular flexibility index (Phi) is 6.28. The molecule has 1 fully saturated rings. The molecular formula is C12H18Cl2N2O4S2. The van der Waals surface area contributed by atoms with Crippen LogP contribution in [0.3, 0.4) is 0 Å². The quantitative estimate of drug-likeness (QED) is 0.833. The van der Waals surface area contributed by atoms with Crippen LogP contribution in [0.1, 0.15) is 6.42 Å². The molecule has 6 nitrogen and oxygen atoms in total. The summed E-state index contributed by atoms with van der Waals surface area (Å²) in [7, 11) is -7.32. The molecule has 1 aromatic carbocycles. The van der Waals surface area contributed by atoms with Crippen molar-refractivity contribution < 1.29 is 16.8 Å². The van der Waals surface area contributed by atoms with Gasteiger partial charge < -0.3 is 5.73 Å². The van der Waals surface area contributed by atoms with E-state index in [2.05, 4.69) is 0 Å².